The molecule has 1 aliphatic rings. The third-order valence-electron chi connectivity index (χ3n) is 3.22. The normalized spacial score (nSPS) is 16.4. The first-order chi connectivity index (χ1) is 9.13. The molecule has 1 aliphatic heterocycles. The number of likely N-dealkylation sites (tertiary alicyclic amines) is 1. The molecule has 1 saturated heterocycles. The van der Waals surface area contributed by atoms with Crippen molar-refractivity contribution in [3.05, 3.63) is 29.8 Å². The Kier molecular flexibility index (Phi) is 4.53. The number of hydrogen-bond donors (Lipinski definition) is 1. The van der Waals surface area contributed by atoms with Gasteiger partial charge in [0.1, 0.15) is 6.07 Å². The molecule has 2 rings (SSSR count). The first-order valence-corrected chi connectivity index (χ1v) is 7.83. The van der Waals surface area contributed by atoms with Gasteiger partial charge >= 0.3 is 0 Å². The van der Waals surface area contributed by atoms with Crippen LogP contribution in [-0.2, 0) is 10.0 Å². The number of nitriles is 1. The van der Waals surface area contributed by atoms with Crippen molar-refractivity contribution in [2.45, 2.75) is 17.7 Å². The Bertz CT molecular complexity index is 572. The maximum Gasteiger partial charge on any atom is 0.241 e. The summed E-state index contributed by atoms with van der Waals surface area (Å²) in [6.07, 6.45) is 2.37. The second-order valence-corrected chi connectivity index (χ2v) is 6.29. The van der Waals surface area contributed by atoms with Crippen LogP contribution in [-0.4, -0.2) is 39.5 Å². The molecule has 0 bridgehead atoms. The van der Waals surface area contributed by atoms with Crippen LogP contribution in [0.5, 0.6) is 0 Å². The minimum absolute atomic E-state index is 0.0546. The van der Waals surface area contributed by atoms with E-state index in [1.54, 1.807) is 12.1 Å². The summed E-state index contributed by atoms with van der Waals surface area (Å²) < 4.78 is 26.8. The van der Waals surface area contributed by atoms with Gasteiger partial charge in [0, 0.05) is 13.1 Å². The summed E-state index contributed by atoms with van der Waals surface area (Å²) in [6, 6.07) is 8.14. The quantitative estimate of drug-likeness (QED) is 0.870. The lowest BCUT2D eigenvalue weighted by molar-refractivity contribution is 0.344. The Morgan fingerprint density at radius 3 is 2.63 bits per heavy atom. The van der Waals surface area contributed by atoms with Gasteiger partial charge in [-0.05, 0) is 38.1 Å². The predicted octanol–water partition coefficient (Wildman–Crippen LogP) is 0.932. The molecule has 0 saturated carbocycles. The average molecular weight is 279 g/mol. The van der Waals surface area contributed by atoms with Gasteiger partial charge < -0.3 is 4.90 Å². The highest BCUT2D eigenvalue weighted by atomic mass is 32.2. The molecule has 0 spiro atoms. The van der Waals surface area contributed by atoms with Gasteiger partial charge in [0.25, 0.3) is 0 Å². The molecule has 19 heavy (non-hydrogen) atoms. The SMILES string of the molecule is N#Cc1ccccc1S(=O)(=O)NCCN1CCCC1. The van der Waals surface area contributed by atoms with Crippen molar-refractivity contribution in [3.8, 4) is 6.07 Å². The van der Waals surface area contributed by atoms with E-state index in [0.717, 1.165) is 13.1 Å². The lowest BCUT2D eigenvalue weighted by Crippen LogP contribution is -2.33. The van der Waals surface area contributed by atoms with Crippen LogP contribution in [0.3, 0.4) is 0 Å². The largest absolute Gasteiger partial charge is 0.302 e. The molecule has 1 heterocycles. The van der Waals surface area contributed by atoms with Crippen molar-refractivity contribution in [2.75, 3.05) is 26.2 Å². The molecular formula is C13H17N3O2S. The minimum atomic E-state index is -3.59. The van der Waals surface area contributed by atoms with Gasteiger partial charge in [-0.2, -0.15) is 5.26 Å². The van der Waals surface area contributed by atoms with E-state index in [1.165, 1.54) is 25.0 Å². The Hall–Kier alpha value is -1.42. The average Bonchev–Trinajstić information content (AvgIpc) is 2.91. The molecule has 102 valence electrons. The highest BCUT2D eigenvalue weighted by molar-refractivity contribution is 7.89. The standard InChI is InChI=1S/C13H17N3O2S/c14-11-12-5-1-2-6-13(12)19(17,18)15-7-10-16-8-3-4-9-16/h1-2,5-6,15H,3-4,7-10H2. The third kappa shape index (κ3) is 3.53. The van der Waals surface area contributed by atoms with Crippen LogP contribution in [0.25, 0.3) is 0 Å². The predicted molar refractivity (Wildman–Crippen MR) is 72.0 cm³/mol. The van der Waals surface area contributed by atoms with Crippen molar-refractivity contribution >= 4 is 10.0 Å². The minimum Gasteiger partial charge on any atom is -0.302 e. The van der Waals surface area contributed by atoms with Crippen LogP contribution in [0.1, 0.15) is 18.4 Å². The number of benzene rings is 1. The van der Waals surface area contributed by atoms with Gasteiger partial charge in [0.15, 0.2) is 0 Å². The van der Waals surface area contributed by atoms with Gasteiger partial charge in [-0.1, -0.05) is 12.1 Å². The topological polar surface area (TPSA) is 73.2 Å². The summed E-state index contributed by atoms with van der Waals surface area (Å²) in [5.41, 5.74) is 0.177. The maximum atomic E-state index is 12.1. The molecule has 1 fully saturated rings. The van der Waals surface area contributed by atoms with Gasteiger partial charge in [0.05, 0.1) is 10.5 Å². The Morgan fingerprint density at radius 1 is 1.26 bits per heavy atom. The van der Waals surface area contributed by atoms with Crippen LogP contribution >= 0.6 is 0 Å². The van der Waals surface area contributed by atoms with Crippen LogP contribution < -0.4 is 4.72 Å². The smallest absolute Gasteiger partial charge is 0.241 e. The van der Waals surface area contributed by atoms with E-state index >= 15 is 0 Å². The molecule has 1 aromatic carbocycles. The molecule has 0 unspecified atom stereocenters. The summed E-state index contributed by atoms with van der Waals surface area (Å²) in [5.74, 6) is 0. The Morgan fingerprint density at radius 2 is 1.95 bits per heavy atom. The van der Waals surface area contributed by atoms with E-state index in [4.69, 9.17) is 5.26 Å². The third-order valence-corrected chi connectivity index (χ3v) is 4.74. The van der Waals surface area contributed by atoms with Gasteiger partial charge in [-0.3, -0.25) is 0 Å². The van der Waals surface area contributed by atoms with E-state index in [1.807, 2.05) is 6.07 Å². The highest BCUT2D eigenvalue weighted by Crippen LogP contribution is 2.14. The molecular weight excluding hydrogens is 262 g/mol. The number of nitrogens with zero attached hydrogens (tertiary/aromatic N) is 2. The molecule has 0 atom stereocenters. The fourth-order valence-electron chi connectivity index (χ4n) is 2.22. The summed E-state index contributed by atoms with van der Waals surface area (Å²) in [4.78, 5) is 2.29. The molecule has 0 aromatic heterocycles. The zero-order valence-corrected chi connectivity index (χ0v) is 11.5. The lowest BCUT2D eigenvalue weighted by atomic mass is 10.2. The fourth-order valence-corrected chi connectivity index (χ4v) is 3.39. The molecule has 0 amide bonds. The number of hydrogen-bond acceptors (Lipinski definition) is 4. The van der Waals surface area contributed by atoms with Crippen molar-refractivity contribution in [1.29, 1.82) is 5.26 Å². The second kappa shape index (κ2) is 6.15. The molecule has 0 radical (unpaired) electrons. The Labute approximate surface area is 113 Å². The van der Waals surface area contributed by atoms with E-state index in [2.05, 4.69) is 9.62 Å². The molecule has 5 nitrogen and oxygen atoms in total. The summed E-state index contributed by atoms with van der Waals surface area (Å²) in [6.45, 7) is 3.17. The zero-order chi connectivity index (χ0) is 13.7. The highest BCUT2D eigenvalue weighted by Gasteiger charge is 2.18. The van der Waals surface area contributed by atoms with Crippen molar-refractivity contribution in [2.24, 2.45) is 0 Å². The van der Waals surface area contributed by atoms with Crippen molar-refractivity contribution in [3.63, 3.8) is 0 Å². The van der Waals surface area contributed by atoms with Crippen molar-refractivity contribution in [1.82, 2.24) is 9.62 Å². The van der Waals surface area contributed by atoms with Gasteiger partial charge in [-0.15, -0.1) is 0 Å². The summed E-state index contributed by atoms with van der Waals surface area (Å²) in [5, 5.41) is 8.93. The van der Waals surface area contributed by atoms with Crippen molar-refractivity contribution < 1.29 is 8.42 Å². The molecule has 1 aromatic rings. The monoisotopic (exact) mass is 279 g/mol. The number of rotatable bonds is 5. The first-order valence-electron chi connectivity index (χ1n) is 6.34. The lowest BCUT2D eigenvalue weighted by Gasteiger charge is -2.15. The van der Waals surface area contributed by atoms with Crippen LogP contribution in [0.15, 0.2) is 29.2 Å². The Balaban J connectivity index is 1.99. The maximum absolute atomic E-state index is 12.1. The summed E-state index contributed by atoms with van der Waals surface area (Å²) >= 11 is 0. The van der Waals surface area contributed by atoms with E-state index in [-0.39, 0.29) is 10.5 Å². The van der Waals surface area contributed by atoms with Gasteiger partial charge in [-0.25, -0.2) is 13.1 Å². The molecule has 0 aliphatic carbocycles. The summed E-state index contributed by atoms with van der Waals surface area (Å²) in [7, 11) is -3.59. The number of nitrogens with one attached hydrogen (secondary N) is 1. The van der Waals surface area contributed by atoms with E-state index in [9.17, 15) is 8.42 Å². The van der Waals surface area contributed by atoms with Crippen LogP contribution in [0.4, 0.5) is 0 Å². The first kappa shape index (κ1) is 14.0. The zero-order valence-electron chi connectivity index (χ0n) is 10.7. The van der Waals surface area contributed by atoms with Crippen LogP contribution in [0.2, 0.25) is 0 Å². The second-order valence-electron chi connectivity index (χ2n) is 4.55. The molecule has 6 heteroatoms. The van der Waals surface area contributed by atoms with E-state index in [0.29, 0.717) is 13.1 Å². The van der Waals surface area contributed by atoms with E-state index < -0.39 is 10.0 Å². The van der Waals surface area contributed by atoms with Crippen LogP contribution in [0, 0.1) is 11.3 Å². The van der Waals surface area contributed by atoms with Gasteiger partial charge in [0.2, 0.25) is 10.0 Å². The molecule has 1 N–H and O–H groups in total. The number of sulfonamides is 1. The fraction of sp³-hybridized carbons (Fsp3) is 0.462.